The van der Waals surface area contributed by atoms with E-state index in [4.69, 9.17) is 0 Å². The Morgan fingerprint density at radius 3 is 2.82 bits per heavy atom. The van der Waals surface area contributed by atoms with Crippen LogP contribution in [0, 0.1) is 0 Å². The number of fused-ring (bicyclic) bond motifs is 1. The fourth-order valence-electron chi connectivity index (χ4n) is 1.19. The second kappa shape index (κ2) is 2.35. The summed E-state index contributed by atoms with van der Waals surface area (Å²) in [5.41, 5.74) is 1.06. The maximum atomic E-state index is 4.38. The summed E-state index contributed by atoms with van der Waals surface area (Å²) in [6, 6.07) is 8.15. The molecule has 0 saturated carbocycles. The summed E-state index contributed by atoms with van der Waals surface area (Å²) >= 11 is 0. The van der Waals surface area contributed by atoms with Gasteiger partial charge >= 0.3 is 0 Å². The van der Waals surface area contributed by atoms with Gasteiger partial charge in [-0.05, 0) is 19.1 Å². The standard InChI is InChI=1S/C10H9N/c1-2-9-7-8-5-3-4-6-10(8)11-9/h2-7H,1H3. The number of hydrogen-bond donors (Lipinski definition) is 0. The quantitative estimate of drug-likeness (QED) is 0.514. The lowest BCUT2D eigenvalue weighted by Crippen LogP contribution is -2.19. The molecule has 0 aliphatic carbocycles. The van der Waals surface area contributed by atoms with Crippen LogP contribution in [0.15, 0.2) is 41.0 Å². The first-order valence-electron chi connectivity index (χ1n) is 3.72. The van der Waals surface area contributed by atoms with Crippen LogP contribution in [0.3, 0.4) is 0 Å². The molecule has 0 spiro atoms. The average Bonchev–Trinajstić information content (AvgIpc) is 2.46. The van der Waals surface area contributed by atoms with Crippen molar-refractivity contribution in [2.24, 2.45) is 4.99 Å². The van der Waals surface area contributed by atoms with E-state index in [0.29, 0.717) is 0 Å². The minimum Gasteiger partial charge on any atom is -0.249 e. The average molecular weight is 143 g/mol. The molecule has 0 amide bonds. The third-order valence-corrected chi connectivity index (χ3v) is 1.79. The van der Waals surface area contributed by atoms with Crippen molar-refractivity contribution in [2.45, 2.75) is 6.92 Å². The van der Waals surface area contributed by atoms with Gasteiger partial charge in [-0.2, -0.15) is 0 Å². The van der Waals surface area contributed by atoms with Crippen molar-refractivity contribution in [3.8, 4) is 0 Å². The SMILES string of the molecule is CC=C1C=c2ccccc2=N1. The number of para-hydroxylation sites is 1. The molecule has 0 atom stereocenters. The van der Waals surface area contributed by atoms with Crippen molar-refractivity contribution in [3.63, 3.8) is 0 Å². The van der Waals surface area contributed by atoms with Crippen LogP contribution >= 0.6 is 0 Å². The molecule has 1 heterocycles. The van der Waals surface area contributed by atoms with E-state index in [-0.39, 0.29) is 0 Å². The largest absolute Gasteiger partial charge is 0.249 e. The monoisotopic (exact) mass is 143 g/mol. The van der Waals surface area contributed by atoms with E-state index in [0.717, 1.165) is 11.1 Å². The summed E-state index contributed by atoms with van der Waals surface area (Å²) < 4.78 is 0. The lowest BCUT2D eigenvalue weighted by molar-refractivity contribution is 1.31. The predicted octanol–water partition coefficient (Wildman–Crippen LogP) is 1.00. The van der Waals surface area contributed by atoms with Crippen LogP contribution in [-0.4, -0.2) is 0 Å². The predicted molar refractivity (Wildman–Crippen MR) is 45.4 cm³/mol. The first kappa shape index (κ1) is 6.35. The molecular weight excluding hydrogens is 134 g/mol. The van der Waals surface area contributed by atoms with Gasteiger partial charge < -0.3 is 0 Å². The molecule has 1 aliphatic heterocycles. The van der Waals surface area contributed by atoms with Gasteiger partial charge in [-0.1, -0.05) is 24.3 Å². The molecule has 1 heteroatoms. The highest BCUT2D eigenvalue weighted by Gasteiger charge is 1.95. The summed E-state index contributed by atoms with van der Waals surface area (Å²) in [5, 5.41) is 2.31. The highest BCUT2D eigenvalue weighted by atomic mass is 14.7. The molecule has 0 fully saturated rings. The Morgan fingerprint density at radius 1 is 1.27 bits per heavy atom. The van der Waals surface area contributed by atoms with Gasteiger partial charge in [-0.3, -0.25) is 0 Å². The maximum Gasteiger partial charge on any atom is 0.0709 e. The molecule has 1 nitrogen and oxygen atoms in total. The van der Waals surface area contributed by atoms with Crippen LogP contribution in [0.2, 0.25) is 0 Å². The van der Waals surface area contributed by atoms with Crippen LogP contribution in [0.5, 0.6) is 0 Å². The van der Waals surface area contributed by atoms with Crippen molar-refractivity contribution >= 4 is 6.08 Å². The fourth-order valence-corrected chi connectivity index (χ4v) is 1.19. The van der Waals surface area contributed by atoms with Gasteiger partial charge in [0.05, 0.1) is 11.1 Å². The Hall–Kier alpha value is -1.37. The lowest BCUT2D eigenvalue weighted by atomic mass is 10.3. The zero-order valence-corrected chi connectivity index (χ0v) is 6.41. The highest BCUT2D eigenvalue weighted by molar-refractivity contribution is 5.48. The molecule has 1 aromatic rings. The highest BCUT2D eigenvalue weighted by Crippen LogP contribution is 1.98. The van der Waals surface area contributed by atoms with E-state index in [1.54, 1.807) is 0 Å². The lowest BCUT2D eigenvalue weighted by Gasteiger charge is -1.79. The Balaban J connectivity index is 2.81. The van der Waals surface area contributed by atoms with E-state index in [9.17, 15) is 0 Å². The van der Waals surface area contributed by atoms with E-state index in [1.165, 1.54) is 5.22 Å². The number of benzene rings is 1. The Kier molecular flexibility index (Phi) is 1.35. The zero-order valence-electron chi connectivity index (χ0n) is 6.41. The van der Waals surface area contributed by atoms with Crippen LogP contribution in [0.25, 0.3) is 6.08 Å². The zero-order chi connectivity index (χ0) is 7.68. The summed E-state index contributed by atoms with van der Waals surface area (Å²) in [6.45, 7) is 2.00. The van der Waals surface area contributed by atoms with E-state index in [2.05, 4.69) is 17.1 Å². The molecule has 2 rings (SSSR count). The van der Waals surface area contributed by atoms with Crippen LogP contribution in [0.1, 0.15) is 6.92 Å². The molecule has 54 valence electrons. The minimum absolute atomic E-state index is 1.06. The number of hydrogen-bond acceptors (Lipinski definition) is 1. The maximum absolute atomic E-state index is 4.38. The number of allylic oxidation sites excluding steroid dienone is 2. The summed E-state index contributed by atoms with van der Waals surface area (Å²) in [5.74, 6) is 0. The molecule has 0 N–H and O–H groups in total. The van der Waals surface area contributed by atoms with Gasteiger partial charge in [0.15, 0.2) is 0 Å². The Bertz CT molecular complexity index is 376. The van der Waals surface area contributed by atoms with Crippen LogP contribution < -0.4 is 10.6 Å². The summed E-state index contributed by atoms with van der Waals surface area (Å²) in [7, 11) is 0. The first-order chi connectivity index (χ1) is 5.40. The van der Waals surface area contributed by atoms with Crippen molar-refractivity contribution < 1.29 is 0 Å². The molecule has 0 saturated heterocycles. The summed E-state index contributed by atoms with van der Waals surface area (Å²) in [4.78, 5) is 4.38. The fraction of sp³-hybridized carbons (Fsp3) is 0.100. The molecule has 0 radical (unpaired) electrons. The van der Waals surface area contributed by atoms with Gasteiger partial charge in [0.2, 0.25) is 0 Å². The smallest absolute Gasteiger partial charge is 0.0709 e. The third-order valence-electron chi connectivity index (χ3n) is 1.79. The molecule has 1 aliphatic rings. The first-order valence-corrected chi connectivity index (χ1v) is 3.72. The minimum atomic E-state index is 1.06. The van der Waals surface area contributed by atoms with Crippen molar-refractivity contribution in [1.29, 1.82) is 0 Å². The van der Waals surface area contributed by atoms with E-state index < -0.39 is 0 Å². The molecule has 0 unspecified atom stereocenters. The molecule has 0 bridgehead atoms. The second-order valence-corrected chi connectivity index (χ2v) is 2.53. The van der Waals surface area contributed by atoms with Crippen molar-refractivity contribution in [1.82, 2.24) is 0 Å². The normalized spacial score (nSPS) is 17.4. The second-order valence-electron chi connectivity index (χ2n) is 2.53. The van der Waals surface area contributed by atoms with Gasteiger partial charge in [0.1, 0.15) is 0 Å². The summed E-state index contributed by atoms with van der Waals surface area (Å²) in [6.07, 6.45) is 4.11. The van der Waals surface area contributed by atoms with E-state index in [1.807, 2.05) is 31.2 Å². The molecule has 0 aromatic heterocycles. The molecular formula is C10H9N. The van der Waals surface area contributed by atoms with Gasteiger partial charge in [0.25, 0.3) is 0 Å². The molecule has 11 heavy (non-hydrogen) atoms. The van der Waals surface area contributed by atoms with Gasteiger partial charge in [0, 0.05) is 5.22 Å². The van der Waals surface area contributed by atoms with Crippen LogP contribution in [0.4, 0.5) is 0 Å². The van der Waals surface area contributed by atoms with Gasteiger partial charge in [-0.25, -0.2) is 4.99 Å². The third kappa shape index (κ3) is 0.984. The topological polar surface area (TPSA) is 12.4 Å². The van der Waals surface area contributed by atoms with Crippen molar-refractivity contribution in [3.05, 3.63) is 46.6 Å². The van der Waals surface area contributed by atoms with Crippen LogP contribution in [-0.2, 0) is 0 Å². The number of rotatable bonds is 0. The molecule has 1 aromatic carbocycles. The number of nitrogens with zero attached hydrogens (tertiary/aromatic N) is 1. The Morgan fingerprint density at radius 2 is 2.09 bits per heavy atom. The van der Waals surface area contributed by atoms with E-state index >= 15 is 0 Å². The van der Waals surface area contributed by atoms with Gasteiger partial charge in [-0.15, -0.1) is 0 Å². The van der Waals surface area contributed by atoms with Crippen molar-refractivity contribution in [2.75, 3.05) is 0 Å². The Labute approximate surface area is 65.4 Å².